The first-order valence-electron chi connectivity index (χ1n) is 4.70. The number of amides is 1. The molecule has 0 aliphatic heterocycles. The number of aryl methyl sites for hydroxylation is 1. The quantitative estimate of drug-likeness (QED) is 0.697. The summed E-state index contributed by atoms with van der Waals surface area (Å²) in [6.45, 7) is 1.82. The van der Waals surface area contributed by atoms with Crippen LogP contribution in [0, 0.1) is 6.92 Å². The number of nitrogens with two attached hydrogens (primary N) is 1. The maximum Gasteiger partial charge on any atom is 0.273 e. The molecule has 6 heteroatoms. The van der Waals surface area contributed by atoms with Crippen molar-refractivity contribution in [3.8, 4) is 0 Å². The Kier molecular flexibility index (Phi) is 2.55. The molecule has 0 aliphatic rings. The first-order valence-corrected chi connectivity index (χ1v) is 4.70. The second-order valence-electron chi connectivity index (χ2n) is 3.30. The summed E-state index contributed by atoms with van der Waals surface area (Å²) in [6.07, 6.45) is 1.67. The number of hydrogen-bond donors (Lipinski definition) is 3. The summed E-state index contributed by atoms with van der Waals surface area (Å²) >= 11 is 0. The Hall–Kier alpha value is -2.37. The summed E-state index contributed by atoms with van der Waals surface area (Å²) in [5.41, 5.74) is 7.15. The molecule has 0 spiro atoms. The van der Waals surface area contributed by atoms with Gasteiger partial charge in [-0.05, 0) is 19.1 Å². The van der Waals surface area contributed by atoms with Gasteiger partial charge >= 0.3 is 0 Å². The van der Waals surface area contributed by atoms with Crippen LogP contribution in [0.3, 0.4) is 0 Å². The summed E-state index contributed by atoms with van der Waals surface area (Å²) in [5.74, 6) is -0.00615. The van der Waals surface area contributed by atoms with E-state index in [1.165, 1.54) is 6.07 Å². The Morgan fingerprint density at radius 2 is 2.38 bits per heavy atom. The molecule has 0 aromatic carbocycles. The number of nitrogen functional groups attached to an aromatic ring is 1. The van der Waals surface area contributed by atoms with Crippen molar-refractivity contribution < 1.29 is 4.79 Å². The van der Waals surface area contributed by atoms with E-state index in [0.717, 1.165) is 5.69 Å². The summed E-state index contributed by atoms with van der Waals surface area (Å²) in [6, 6.07) is 5.00. The van der Waals surface area contributed by atoms with Crippen molar-refractivity contribution in [2.75, 3.05) is 11.1 Å². The normalized spacial score (nSPS) is 10.1. The van der Waals surface area contributed by atoms with Gasteiger partial charge in [-0.25, -0.2) is 0 Å². The van der Waals surface area contributed by atoms with Crippen molar-refractivity contribution in [1.82, 2.24) is 15.2 Å². The van der Waals surface area contributed by atoms with Crippen LogP contribution in [-0.4, -0.2) is 21.1 Å². The Morgan fingerprint density at radius 3 is 3.00 bits per heavy atom. The van der Waals surface area contributed by atoms with Crippen molar-refractivity contribution in [2.45, 2.75) is 6.92 Å². The third-order valence-corrected chi connectivity index (χ3v) is 2.10. The Morgan fingerprint density at radius 1 is 1.56 bits per heavy atom. The molecule has 0 fully saturated rings. The van der Waals surface area contributed by atoms with E-state index in [4.69, 9.17) is 5.73 Å². The van der Waals surface area contributed by atoms with E-state index in [1.807, 2.05) is 6.92 Å². The third kappa shape index (κ3) is 2.00. The van der Waals surface area contributed by atoms with E-state index < -0.39 is 0 Å². The van der Waals surface area contributed by atoms with Gasteiger partial charge in [0, 0.05) is 12.3 Å². The molecule has 2 aromatic heterocycles. The zero-order valence-corrected chi connectivity index (χ0v) is 8.69. The molecular weight excluding hydrogens is 206 g/mol. The standard InChI is InChI=1S/C10H11N5O/c1-6-7(3-2-4-12-6)13-10(16)8-5-9(11)15-14-8/h2-5H,1H3,(H,13,16)(H3,11,14,15). The Labute approximate surface area is 91.9 Å². The molecule has 0 saturated carbocycles. The highest BCUT2D eigenvalue weighted by Crippen LogP contribution is 2.12. The lowest BCUT2D eigenvalue weighted by Crippen LogP contribution is -2.13. The van der Waals surface area contributed by atoms with Crippen molar-refractivity contribution in [3.63, 3.8) is 0 Å². The molecule has 4 N–H and O–H groups in total. The van der Waals surface area contributed by atoms with Crippen molar-refractivity contribution in [1.29, 1.82) is 0 Å². The van der Waals surface area contributed by atoms with Gasteiger partial charge in [0.15, 0.2) is 0 Å². The van der Waals surface area contributed by atoms with E-state index in [0.29, 0.717) is 11.4 Å². The molecule has 6 nitrogen and oxygen atoms in total. The maximum absolute atomic E-state index is 11.7. The summed E-state index contributed by atoms with van der Waals surface area (Å²) < 4.78 is 0. The number of nitrogens with one attached hydrogen (secondary N) is 2. The summed E-state index contributed by atoms with van der Waals surface area (Å²) in [5, 5.41) is 8.93. The minimum atomic E-state index is -0.291. The number of aromatic amines is 1. The van der Waals surface area contributed by atoms with Crippen LogP contribution in [0.15, 0.2) is 24.4 Å². The molecule has 16 heavy (non-hydrogen) atoms. The molecule has 0 saturated heterocycles. The average Bonchev–Trinajstić information content (AvgIpc) is 2.68. The van der Waals surface area contributed by atoms with Crippen LogP contribution < -0.4 is 11.1 Å². The number of hydrogen-bond acceptors (Lipinski definition) is 4. The second kappa shape index (κ2) is 4.01. The zero-order valence-electron chi connectivity index (χ0n) is 8.69. The third-order valence-electron chi connectivity index (χ3n) is 2.10. The van der Waals surface area contributed by atoms with E-state index >= 15 is 0 Å². The number of carbonyl (C=O) groups is 1. The van der Waals surface area contributed by atoms with Gasteiger partial charge in [0.1, 0.15) is 11.5 Å². The predicted octanol–water partition coefficient (Wildman–Crippen LogP) is 0.948. The molecule has 82 valence electrons. The summed E-state index contributed by atoms with van der Waals surface area (Å²) in [7, 11) is 0. The number of pyridine rings is 1. The van der Waals surface area contributed by atoms with Gasteiger partial charge in [0.25, 0.3) is 5.91 Å². The topological polar surface area (TPSA) is 96.7 Å². The number of aromatic nitrogens is 3. The van der Waals surface area contributed by atoms with E-state index in [1.54, 1.807) is 18.3 Å². The number of H-pyrrole nitrogens is 1. The van der Waals surface area contributed by atoms with Crippen LogP contribution in [0.5, 0.6) is 0 Å². The lowest BCUT2D eigenvalue weighted by molar-refractivity contribution is 0.102. The van der Waals surface area contributed by atoms with Gasteiger partial charge in [-0.2, -0.15) is 5.10 Å². The maximum atomic E-state index is 11.7. The molecule has 0 bridgehead atoms. The molecule has 1 amide bonds. The lowest BCUT2D eigenvalue weighted by atomic mass is 10.3. The molecule has 2 heterocycles. The van der Waals surface area contributed by atoms with Crippen LogP contribution in [0.25, 0.3) is 0 Å². The van der Waals surface area contributed by atoms with Crippen LogP contribution in [0.1, 0.15) is 16.2 Å². The SMILES string of the molecule is Cc1ncccc1NC(=O)c1cc(N)n[nH]1. The molecular formula is C10H11N5O. The van der Waals surface area contributed by atoms with Gasteiger partial charge in [0.2, 0.25) is 0 Å². The van der Waals surface area contributed by atoms with Crippen molar-refractivity contribution >= 4 is 17.4 Å². The highest BCUT2D eigenvalue weighted by molar-refractivity contribution is 6.03. The van der Waals surface area contributed by atoms with Gasteiger partial charge in [-0.1, -0.05) is 0 Å². The highest BCUT2D eigenvalue weighted by Gasteiger charge is 2.10. The van der Waals surface area contributed by atoms with Crippen LogP contribution in [0.2, 0.25) is 0 Å². The minimum Gasteiger partial charge on any atom is -0.382 e. The first kappa shape index (κ1) is 10.2. The molecule has 0 atom stereocenters. The molecule has 2 rings (SSSR count). The molecule has 0 aliphatic carbocycles. The monoisotopic (exact) mass is 217 g/mol. The number of carbonyl (C=O) groups excluding carboxylic acids is 1. The number of nitrogens with zero attached hydrogens (tertiary/aromatic N) is 2. The minimum absolute atomic E-state index is 0.285. The Bertz CT molecular complexity index is 519. The summed E-state index contributed by atoms with van der Waals surface area (Å²) in [4.78, 5) is 15.8. The number of rotatable bonds is 2. The van der Waals surface area contributed by atoms with Crippen LogP contribution in [0.4, 0.5) is 11.5 Å². The van der Waals surface area contributed by atoms with E-state index in [-0.39, 0.29) is 11.7 Å². The lowest BCUT2D eigenvalue weighted by Gasteiger charge is -2.05. The van der Waals surface area contributed by atoms with Gasteiger partial charge in [-0.15, -0.1) is 0 Å². The van der Waals surface area contributed by atoms with Gasteiger partial charge in [-0.3, -0.25) is 14.9 Å². The first-order chi connectivity index (χ1) is 7.66. The number of anilines is 2. The van der Waals surface area contributed by atoms with E-state index in [9.17, 15) is 4.79 Å². The Balaban J connectivity index is 2.17. The van der Waals surface area contributed by atoms with Gasteiger partial charge < -0.3 is 11.1 Å². The zero-order chi connectivity index (χ0) is 11.5. The highest BCUT2D eigenvalue weighted by atomic mass is 16.1. The molecule has 2 aromatic rings. The smallest absolute Gasteiger partial charge is 0.273 e. The fraction of sp³-hybridized carbons (Fsp3) is 0.100. The average molecular weight is 217 g/mol. The molecule has 0 unspecified atom stereocenters. The fourth-order valence-corrected chi connectivity index (χ4v) is 1.26. The fourth-order valence-electron chi connectivity index (χ4n) is 1.26. The van der Waals surface area contributed by atoms with Crippen LogP contribution in [-0.2, 0) is 0 Å². The second-order valence-corrected chi connectivity index (χ2v) is 3.30. The largest absolute Gasteiger partial charge is 0.382 e. The van der Waals surface area contributed by atoms with E-state index in [2.05, 4.69) is 20.5 Å². The van der Waals surface area contributed by atoms with Crippen molar-refractivity contribution in [3.05, 3.63) is 35.8 Å². The predicted molar refractivity (Wildman–Crippen MR) is 59.9 cm³/mol. The van der Waals surface area contributed by atoms with Gasteiger partial charge in [0.05, 0.1) is 11.4 Å². The van der Waals surface area contributed by atoms with Crippen molar-refractivity contribution in [2.24, 2.45) is 0 Å². The molecule has 0 radical (unpaired) electrons. The van der Waals surface area contributed by atoms with Crippen LogP contribution >= 0.6 is 0 Å².